The van der Waals surface area contributed by atoms with Gasteiger partial charge in [-0.3, -0.25) is 0 Å². The van der Waals surface area contributed by atoms with Crippen LogP contribution < -0.4 is 0 Å². The van der Waals surface area contributed by atoms with Crippen LogP contribution in [0.15, 0.2) is 60.7 Å². The minimum Gasteiger partial charge on any atom is -0.396 e. The van der Waals surface area contributed by atoms with Gasteiger partial charge in [0.15, 0.2) is 0 Å². The van der Waals surface area contributed by atoms with Gasteiger partial charge in [-0.25, -0.2) is 0 Å². The van der Waals surface area contributed by atoms with Crippen molar-refractivity contribution in [3.05, 3.63) is 71.8 Å². The van der Waals surface area contributed by atoms with E-state index < -0.39 is 0 Å². The molecule has 66 heavy (non-hydrogen) atoms. The normalized spacial score (nSPS) is 18.9. The minimum absolute atomic E-state index is 0.250. The van der Waals surface area contributed by atoms with Crippen molar-refractivity contribution in [2.75, 3.05) is 26.4 Å². The molecule has 4 atom stereocenters. The zero-order chi connectivity index (χ0) is 48.0. The maximum Gasteiger partial charge on any atom is 0.373 e. The van der Waals surface area contributed by atoms with E-state index in [1.807, 2.05) is 0 Å². The van der Waals surface area contributed by atoms with Crippen LogP contribution in [0.2, 0.25) is 0 Å². The average molecular weight is 921 g/mol. The number of aliphatic hydroxyl groups is 2. The summed E-state index contributed by atoms with van der Waals surface area (Å²) in [6.07, 6.45) is 41.0. The third-order valence-electron chi connectivity index (χ3n) is 14.2. The summed E-state index contributed by atoms with van der Waals surface area (Å²) in [6.45, 7) is 8.84. The fraction of sp³-hybridized carbons (Fsp3) is 0.759. The maximum absolute atomic E-state index is 8.77. The number of benzene rings is 2. The van der Waals surface area contributed by atoms with Crippen molar-refractivity contribution in [3.8, 4) is 0 Å². The number of hydrogen-bond acceptors (Lipinski definition) is 8. The van der Waals surface area contributed by atoms with Crippen LogP contribution in [0, 0.1) is 35.5 Å². The van der Waals surface area contributed by atoms with Gasteiger partial charge in [-0.2, -0.15) is 19.2 Å². The van der Waals surface area contributed by atoms with E-state index in [-0.39, 0.29) is 12.3 Å². The second kappa shape index (κ2) is 45.8. The van der Waals surface area contributed by atoms with Crippen LogP contribution in [0.25, 0.3) is 0 Å². The SMILES string of the molecule is CCC1C(CCCCCCCCO)C1CCCCCCCCO.CCC1C(CCCCCCCCOCc2ccccc2)C1CCCCCCCCOCc1ccccc1.O=C=O.O=C=O. The first kappa shape index (κ1) is 61.1. The van der Waals surface area contributed by atoms with Crippen LogP contribution in [0.1, 0.15) is 218 Å². The fourth-order valence-corrected chi connectivity index (χ4v) is 10.5. The van der Waals surface area contributed by atoms with Gasteiger partial charge in [0, 0.05) is 26.4 Å². The van der Waals surface area contributed by atoms with Crippen molar-refractivity contribution >= 4 is 12.3 Å². The van der Waals surface area contributed by atoms with Crippen molar-refractivity contribution in [1.29, 1.82) is 0 Å². The maximum atomic E-state index is 8.77. The molecule has 2 aromatic rings. The summed E-state index contributed by atoms with van der Waals surface area (Å²) in [6, 6.07) is 21.0. The highest BCUT2D eigenvalue weighted by Crippen LogP contribution is 2.55. The van der Waals surface area contributed by atoms with E-state index in [1.165, 1.54) is 191 Å². The molecule has 0 bridgehead atoms. The molecule has 0 aromatic heterocycles. The van der Waals surface area contributed by atoms with Crippen LogP contribution in [0.3, 0.4) is 0 Å². The van der Waals surface area contributed by atoms with Crippen molar-refractivity contribution in [2.24, 2.45) is 35.5 Å². The molecule has 0 saturated heterocycles. The first-order chi connectivity index (χ1) is 32.6. The Hall–Kier alpha value is -2.96. The molecule has 2 aromatic carbocycles. The van der Waals surface area contributed by atoms with Crippen LogP contribution in [0.5, 0.6) is 0 Å². The van der Waals surface area contributed by atoms with Gasteiger partial charge in [-0.05, 0) is 98.0 Å². The molecule has 0 spiro atoms. The number of rotatable bonds is 40. The fourth-order valence-electron chi connectivity index (χ4n) is 10.5. The Kier molecular flexibility index (Phi) is 42.4. The molecular formula is C58H96O8. The van der Waals surface area contributed by atoms with Gasteiger partial charge < -0.3 is 19.7 Å². The first-order valence-corrected chi connectivity index (χ1v) is 27.0. The molecule has 8 nitrogen and oxygen atoms in total. The summed E-state index contributed by atoms with van der Waals surface area (Å²) >= 11 is 0. The van der Waals surface area contributed by atoms with Crippen molar-refractivity contribution in [2.45, 2.75) is 220 Å². The zero-order valence-electron chi connectivity index (χ0n) is 42.0. The Balaban J connectivity index is 0.000000641. The van der Waals surface area contributed by atoms with E-state index in [2.05, 4.69) is 74.5 Å². The lowest BCUT2D eigenvalue weighted by molar-refractivity contribution is -0.193. The second-order valence-electron chi connectivity index (χ2n) is 19.1. The third kappa shape index (κ3) is 33.5. The predicted octanol–water partition coefficient (Wildman–Crippen LogP) is 14.7. The van der Waals surface area contributed by atoms with E-state index in [9.17, 15) is 0 Å². The molecule has 376 valence electrons. The Bertz CT molecular complexity index is 1270. The zero-order valence-corrected chi connectivity index (χ0v) is 42.0. The highest BCUT2D eigenvalue weighted by atomic mass is 16.5. The Morgan fingerprint density at radius 3 is 0.864 bits per heavy atom. The average Bonchev–Trinajstić information content (AvgIpc) is 4.23. The van der Waals surface area contributed by atoms with Gasteiger partial charge in [0.25, 0.3) is 0 Å². The largest absolute Gasteiger partial charge is 0.396 e. The van der Waals surface area contributed by atoms with Crippen molar-refractivity contribution < 1.29 is 38.9 Å². The molecule has 2 saturated carbocycles. The number of ether oxygens (including phenoxy) is 2. The molecule has 0 heterocycles. The van der Waals surface area contributed by atoms with Gasteiger partial charge in [-0.1, -0.05) is 216 Å². The van der Waals surface area contributed by atoms with Gasteiger partial charge in [0.2, 0.25) is 0 Å². The lowest BCUT2D eigenvalue weighted by atomic mass is 10.0. The third-order valence-corrected chi connectivity index (χ3v) is 14.2. The molecule has 2 aliphatic carbocycles. The van der Waals surface area contributed by atoms with Crippen molar-refractivity contribution in [1.82, 2.24) is 0 Å². The molecule has 0 aliphatic heterocycles. The van der Waals surface area contributed by atoms with Crippen LogP contribution in [-0.2, 0) is 41.9 Å². The standard InChI is InChI=1S/C35H54O2.C21H42O2.2CO2/c1-2-33-34(25-17-7-3-5-9-19-27-36-29-31-21-13-11-14-22-31)35(33)26-18-8-4-6-10-20-28-37-30-32-23-15-12-16-24-32;1-2-19-20(15-11-7-3-5-9-13-17-22)21(19)16-12-8-4-6-10-14-18-23;2*2-1-3/h11-16,21-24,33-35H,2-10,17-20,25-30H2,1H3;19-23H,2-18H2,1H3;;. The van der Waals surface area contributed by atoms with Gasteiger partial charge in [-0.15, -0.1) is 0 Å². The molecular weight excluding hydrogens is 825 g/mol. The summed E-state index contributed by atoms with van der Waals surface area (Å²) in [7, 11) is 0. The highest BCUT2D eigenvalue weighted by Gasteiger charge is 2.47. The van der Waals surface area contributed by atoms with Gasteiger partial charge in [0.05, 0.1) is 13.2 Å². The lowest BCUT2D eigenvalue weighted by Crippen LogP contribution is -1.95. The van der Waals surface area contributed by atoms with E-state index >= 15 is 0 Å². The monoisotopic (exact) mass is 921 g/mol. The molecule has 8 heteroatoms. The topological polar surface area (TPSA) is 127 Å². The first-order valence-electron chi connectivity index (χ1n) is 27.0. The van der Waals surface area contributed by atoms with Gasteiger partial charge in [0.1, 0.15) is 0 Å². The molecule has 2 fully saturated rings. The van der Waals surface area contributed by atoms with Crippen LogP contribution in [0.4, 0.5) is 0 Å². The molecule has 2 aliphatic rings. The number of unbranched alkanes of at least 4 members (excludes halogenated alkanes) is 20. The number of carbonyl (C=O) groups excluding carboxylic acids is 4. The van der Waals surface area contributed by atoms with Gasteiger partial charge >= 0.3 is 12.3 Å². The molecule has 2 N–H and O–H groups in total. The Labute approximate surface area is 403 Å². The van der Waals surface area contributed by atoms with E-state index in [0.717, 1.165) is 74.8 Å². The summed E-state index contributed by atoms with van der Waals surface area (Å²) in [5, 5.41) is 17.5. The van der Waals surface area contributed by atoms with Crippen LogP contribution >= 0.6 is 0 Å². The molecule has 4 unspecified atom stereocenters. The number of hydrogen-bond donors (Lipinski definition) is 2. The Morgan fingerprint density at radius 1 is 0.364 bits per heavy atom. The molecule has 0 radical (unpaired) electrons. The summed E-state index contributed by atoms with van der Waals surface area (Å²) < 4.78 is 11.6. The molecule has 4 rings (SSSR count). The van der Waals surface area contributed by atoms with E-state index in [1.54, 1.807) is 0 Å². The minimum atomic E-state index is 0.250. The summed E-state index contributed by atoms with van der Waals surface area (Å²) in [5.74, 6) is 6.29. The summed E-state index contributed by atoms with van der Waals surface area (Å²) in [5.41, 5.74) is 2.56. The Morgan fingerprint density at radius 2 is 0.606 bits per heavy atom. The van der Waals surface area contributed by atoms with Crippen molar-refractivity contribution in [3.63, 3.8) is 0 Å². The highest BCUT2D eigenvalue weighted by molar-refractivity contribution is 5.20. The molecule has 0 amide bonds. The van der Waals surface area contributed by atoms with Crippen LogP contribution in [-0.4, -0.2) is 48.9 Å². The predicted molar refractivity (Wildman–Crippen MR) is 267 cm³/mol. The van der Waals surface area contributed by atoms with E-state index in [4.69, 9.17) is 38.9 Å². The lowest BCUT2D eigenvalue weighted by Gasteiger charge is -2.05. The smallest absolute Gasteiger partial charge is 0.373 e. The quantitative estimate of drug-likeness (QED) is 0.0633. The number of aliphatic hydroxyl groups excluding tert-OH is 2. The second-order valence-corrected chi connectivity index (χ2v) is 19.1. The summed E-state index contributed by atoms with van der Waals surface area (Å²) in [4.78, 5) is 32.5. The van der Waals surface area contributed by atoms with E-state index in [0.29, 0.717) is 13.2 Å².